The van der Waals surface area contributed by atoms with E-state index in [2.05, 4.69) is 20.8 Å². The molecule has 2 aromatic carbocycles. The number of aryl methyl sites for hydroxylation is 2. The highest BCUT2D eigenvalue weighted by Gasteiger charge is 2.22. The summed E-state index contributed by atoms with van der Waals surface area (Å²) in [4.78, 5) is 28.7. The van der Waals surface area contributed by atoms with Crippen LogP contribution >= 0.6 is 11.6 Å². The van der Waals surface area contributed by atoms with Gasteiger partial charge in [0.15, 0.2) is 5.96 Å². The minimum atomic E-state index is -0.612. The van der Waals surface area contributed by atoms with E-state index in [0.717, 1.165) is 16.7 Å². The molecule has 1 aromatic heterocycles. The van der Waals surface area contributed by atoms with E-state index in [9.17, 15) is 14.7 Å². The van der Waals surface area contributed by atoms with E-state index in [1.54, 1.807) is 44.2 Å². The highest BCUT2D eigenvalue weighted by atomic mass is 35.5. The Morgan fingerprint density at radius 2 is 1.92 bits per heavy atom. The number of carbonyl (C=O) groups excluding carboxylic acids is 2. The minimum absolute atomic E-state index is 0.0914. The van der Waals surface area contributed by atoms with E-state index in [1.807, 2.05) is 13.0 Å². The van der Waals surface area contributed by atoms with Crippen LogP contribution in [-0.2, 0) is 17.9 Å². The SMILES string of the molecule is CCCOC(=O)Nc1c(C)cc(CN/C(N)=N\C(=O)c2c(-c3ccc(CO)cc3)noc2C)cc1Cl. The number of guanidine groups is 1. The molecule has 10 nitrogen and oxygen atoms in total. The van der Waals surface area contributed by atoms with Gasteiger partial charge < -0.3 is 25.4 Å². The Labute approximate surface area is 213 Å². The maximum atomic E-state index is 12.9. The molecule has 36 heavy (non-hydrogen) atoms. The molecule has 0 saturated carbocycles. The fourth-order valence-corrected chi connectivity index (χ4v) is 3.73. The zero-order valence-electron chi connectivity index (χ0n) is 20.2. The van der Waals surface area contributed by atoms with Crippen molar-refractivity contribution in [1.29, 1.82) is 0 Å². The summed E-state index contributed by atoms with van der Waals surface area (Å²) in [7, 11) is 0. The Bertz CT molecular complexity index is 1250. The molecular formula is C25H28ClN5O5. The van der Waals surface area contributed by atoms with Gasteiger partial charge in [-0.1, -0.05) is 54.0 Å². The van der Waals surface area contributed by atoms with Crippen LogP contribution in [0.3, 0.4) is 0 Å². The number of hydrogen-bond donors (Lipinski definition) is 4. The molecule has 3 aromatic rings. The second-order valence-corrected chi connectivity index (χ2v) is 8.41. The number of carbonyl (C=O) groups is 2. The summed E-state index contributed by atoms with van der Waals surface area (Å²) in [5.74, 6) is -0.402. The van der Waals surface area contributed by atoms with Crippen LogP contribution in [0.5, 0.6) is 0 Å². The predicted octanol–water partition coefficient (Wildman–Crippen LogP) is 4.31. The average molecular weight is 514 g/mol. The molecule has 0 atom stereocenters. The zero-order chi connectivity index (χ0) is 26.2. The molecule has 0 saturated heterocycles. The third-order valence-electron chi connectivity index (χ3n) is 5.19. The summed E-state index contributed by atoms with van der Waals surface area (Å²) in [5, 5.41) is 19.1. The topological polar surface area (TPSA) is 152 Å². The van der Waals surface area contributed by atoms with Crippen molar-refractivity contribution in [2.45, 2.75) is 40.3 Å². The number of ether oxygens (including phenoxy) is 1. The Morgan fingerprint density at radius 3 is 2.56 bits per heavy atom. The minimum Gasteiger partial charge on any atom is -0.449 e. The van der Waals surface area contributed by atoms with E-state index in [0.29, 0.717) is 40.8 Å². The van der Waals surface area contributed by atoms with Crippen LogP contribution in [-0.4, -0.2) is 34.8 Å². The van der Waals surface area contributed by atoms with E-state index >= 15 is 0 Å². The Kier molecular flexibility index (Phi) is 9.04. The molecule has 0 aliphatic rings. The monoisotopic (exact) mass is 513 g/mol. The van der Waals surface area contributed by atoms with Gasteiger partial charge in [0.05, 0.1) is 23.9 Å². The fourth-order valence-electron chi connectivity index (χ4n) is 3.40. The van der Waals surface area contributed by atoms with Gasteiger partial charge in [-0.2, -0.15) is 4.99 Å². The van der Waals surface area contributed by atoms with Gasteiger partial charge in [-0.05, 0) is 43.0 Å². The summed E-state index contributed by atoms with van der Waals surface area (Å²) < 4.78 is 10.3. The van der Waals surface area contributed by atoms with Crippen LogP contribution in [0.4, 0.5) is 10.5 Å². The lowest BCUT2D eigenvalue weighted by Crippen LogP contribution is -2.32. The van der Waals surface area contributed by atoms with Gasteiger partial charge in [0, 0.05) is 12.1 Å². The number of nitrogens with zero attached hydrogens (tertiary/aromatic N) is 2. The van der Waals surface area contributed by atoms with Gasteiger partial charge in [0.1, 0.15) is 17.0 Å². The smallest absolute Gasteiger partial charge is 0.411 e. The zero-order valence-corrected chi connectivity index (χ0v) is 21.0. The molecule has 2 amide bonds. The Balaban J connectivity index is 1.70. The molecular weight excluding hydrogens is 486 g/mol. The first kappa shape index (κ1) is 26.7. The molecule has 0 bridgehead atoms. The molecule has 0 spiro atoms. The number of aliphatic hydroxyl groups excluding tert-OH is 1. The second kappa shape index (κ2) is 12.2. The van der Waals surface area contributed by atoms with Gasteiger partial charge in [-0.15, -0.1) is 0 Å². The largest absolute Gasteiger partial charge is 0.449 e. The summed E-state index contributed by atoms with van der Waals surface area (Å²) in [6.07, 6.45) is 0.140. The van der Waals surface area contributed by atoms with Crippen molar-refractivity contribution >= 4 is 35.2 Å². The maximum Gasteiger partial charge on any atom is 0.411 e. The lowest BCUT2D eigenvalue weighted by Gasteiger charge is -2.13. The number of benzene rings is 2. The van der Waals surface area contributed by atoms with Gasteiger partial charge in [-0.3, -0.25) is 10.1 Å². The lowest BCUT2D eigenvalue weighted by atomic mass is 10.0. The molecule has 0 aliphatic heterocycles. The number of hydrogen-bond acceptors (Lipinski definition) is 6. The van der Waals surface area contributed by atoms with Crippen LogP contribution in [0.25, 0.3) is 11.3 Å². The quantitative estimate of drug-likeness (QED) is 0.257. The molecule has 3 rings (SSSR count). The van der Waals surface area contributed by atoms with Crippen LogP contribution < -0.4 is 16.4 Å². The van der Waals surface area contributed by atoms with Gasteiger partial charge in [-0.25, -0.2) is 4.79 Å². The van der Waals surface area contributed by atoms with Crippen molar-refractivity contribution in [1.82, 2.24) is 10.5 Å². The van der Waals surface area contributed by atoms with E-state index in [1.165, 1.54) is 0 Å². The van der Waals surface area contributed by atoms with Crippen LogP contribution in [0, 0.1) is 13.8 Å². The summed E-state index contributed by atoms with van der Waals surface area (Å²) in [6.45, 7) is 5.78. The number of aliphatic hydroxyl groups is 1. The standard InChI is InChI=1S/C25H28ClN5O5/c1-4-9-35-25(34)29-21-14(2)10-17(11-19(21)26)12-28-24(27)30-23(33)20-15(3)36-31-22(20)18-7-5-16(13-32)6-8-18/h5-8,10-11,32H,4,9,12-13H2,1-3H3,(H,29,34)(H3,27,28,30,33). The van der Waals surface area contributed by atoms with Crippen LogP contribution in [0.2, 0.25) is 5.02 Å². The number of anilines is 1. The normalized spacial score (nSPS) is 11.3. The number of nitrogens with one attached hydrogen (secondary N) is 2. The first-order chi connectivity index (χ1) is 17.2. The van der Waals surface area contributed by atoms with E-state index in [4.69, 9.17) is 26.6 Å². The average Bonchev–Trinajstić information content (AvgIpc) is 3.25. The number of aliphatic imine (C=N–C) groups is 1. The summed E-state index contributed by atoms with van der Waals surface area (Å²) in [5.41, 5.74) is 9.82. The maximum absolute atomic E-state index is 12.9. The summed E-state index contributed by atoms with van der Waals surface area (Å²) in [6, 6.07) is 10.4. The number of amides is 2. The van der Waals surface area contributed by atoms with Gasteiger partial charge in [0.25, 0.3) is 5.91 Å². The second-order valence-electron chi connectivity index (χ2n) is 8.00. The third kappa shape index (κ3) is 6.61. The predicted molar refractivity (Wildman–Crippen MR) is 137 cm³/mol. The molecule has 0 fully saturated rings. The number of nitrogens with two attached hydrogens (primary N) is 1. The summed E-state index contributed by atoms with van der Waals surface area (Å²) >= 11 is 6.35. The van der Waals surface area contributed by atoms with E-state index < -0.39 is 12.0 Å². The number of halogens is 1. The Hall–Kier alpha value is -3.89. The number of rotatable bonds is 8. The van der Waals surface area contributed by atoms with Gasteiger partial charge in [0.2, 0.25) is 0 Å². The van der Waals surface area contributed by atoms with Gasteiger partial charge >= 0.3 is 6.09 Å². The van der Waals surface area contributed by atoms with E-state index in [-0.39, 0.29) is 24.7 Å². The van der Waals surface area contributed by atoms with Crippen molar-refractivity contribution in [3.63, 3.8) is 0 Å². The van der Waals surface area contributed by atoms with Crippen molar-refractivity contribution in [3.05, 3.63) is 69.4 Å². The first-order valence-electron chi connectivity index (χ1n) is 11.2. The first-order valence-corrected chi connectivity index (χ1v) is 11.6. The van der Waals surface area contributed by atoms with Crippen LogP contribution in [0.15, 0.2) is 45.9 Å². The molecule has 0 unspecified atom stereocenters. The van der Waals surface area contributed by atoms with Crippen molar-refractivity contribution in [3.8, 4) is 11.3 Å². The fraction of sp³-hybridized carbons (Fsp3) is 0.280. The van der Waals surface area contributed by atoms with Crippen molar-refractivity contribution in [2.75, 3.05) is 11.9 Å². The molecule has 0 radical (unpaired) electrons. The highest BCUT2D eigenvalue weighted by molar-refractivity contribution is 6.34. The molecule has 0 aliphatic carbocycles. The molecule has 190 valence electrons. The van der Waals surface area contributed by atoms with Crippen molar-refractivity contribution in [2.24, 2.45) is 10.7 Å². The number of aromatic nitrogens is 1. The molecule has 11 heteroatoms. The molecule has 5 N–H and O–H groups in total. The van der Waals surface area contributed by atoms with Crippen molar-refractivity contribution < 1.29 is 24.0 Å². The van der Waals surface area contributed by atoms with Crippen LogP contribution in [0.1, 0.15) is 46.2 Å². The highest BCUT2D eigenvalue weighted by Crippen LogP contribution is 2.28. The third-order valence-corrected chi connectivity index (χ3v) is 5.49. The Morgan fingerprint density at radius 1 is 1.19 bits per heavy atom. The molecule has 1 heterocycles. The lowest BCUT2D eigenvalue weighted by molar-refractivity contribution is 0.100.